The van der Waals surface area contributed by atoms with Gasteiger partial charge >= 0.3 is 0 Å². The SMILES string of the molecule is CCn1nc(C(=O)N=c2sc3cc([N+](=O)[O-])ccc3n2CCOC)cc1C. The van der Waals surface area contributed by atoms with E-state index in [4.69, 9.17) is 4.74 Å². The molecular formula is C17H19N5O4S. The molecule has 0 N–H and O–H groups in total. The summed E-state index contributed by atoms with van der Waals surface area (Å²) in [7, 11) is 1.59. The summed E-state index contributed by atoms with van der Waals surface area (Å²) in [5.41, 5.74) is 1.92. The maximum absolute atomic E-state index is 12.6. The minimum Gasteiger partial charge on any atom is -0.383 e. The molecule has 0 aliphatic heterocycles. The Hall–Kier alpha value is -2.85. The zero-order valence-electron chi connectivity index (χ0n) is 15.2. The molecule has 142 valence electrons. The summed E-state index contributed by atoms with van der Waals surface area (Å²) in [6.07, 6.45) is 0. The summed E-state index contributed by atoms with van der Waals surface area (Å²) < 4.78 is 9.38. The number of nitrogens with zero attached hydrogens (tertiary/aromatic N) is 5. The fraction of sp³-hybridized carbons (Fsp3) is 0.353. The van der Waals surface area contributed by atoms with Crippen molar-refractivity contribution in [3.8, 4) is 0 Å². The number of amides is 1. The molecule has 1 amide bonds. The molecule has 3 rings (SSSR count). The lowest BCUT2D eigenvalue weighted by molar-refractivity contribution is -0.384. The molecule has 0 radical (unpaired) electrons. The van der Waals surface area contributed by atoms with Crippen molar-refractivity contribution in [2.24, 2.45) is 4.99 Å². The first-order valence-electron chi connectivity index (χ1n) is 8.34. The molecule has 0 bridgehead atoms. The molecule has 2 heterocycles. The van der Waals surface area contributed by atoms with Crippen LogP contribution >= 0.6 is 11.3 Å². The van der Waals surface area contributed by atoms with Gasteiger partial charge in [-0.1, -0.05) is 11.3 Å². The van der Waals surface area contributed by atoms with Crippen LogP contribution in [0.4, 0.5) is 5.69 Å². The largest absolute Gasteiger partial charge is 0.383 e. The van der Waals surface area contributed by atoms with Gasteiger partial charge < -0.3 is 9.30 Å². The van der Waals surface area contributed by atoms with E-state index in [1.807, 2.05) is 18.4 Å². The highest BCUT2D eigenvalue weighted by Gasteiger charge is 2.15. The number of rotatable bonds is 6. The number of benzene rings is 1. The number of fused-ring (bicyclic) bond motifs is 1. The normalized spacial score (nSPS) is 12.0. The number of nitro groups is 1. The van der Waals surface area contributed by atoms with Crippen molar-refractivity contribution in [1.82, 2.24) is 14.3 Å². The van der Waals surface area contributed by atoms with Crippen LogP contribution in [0.2, 0.25) is 0 Å². The lowest BCUT2D eigenvalue weighted by Gasteiger charge is -2.03. The van der Waals surface area contributed by atoms with Crippen molar-refractivity contribution < 1.29 is 14.5 Å². The van der Waals surface area contributed by atoms with Crippen molar-refractivity contribution in [3.05, 3.63) is 50.6 Å². The van der Waals surface area contributed by atoms with E-state index in [1.54, 1.807) is 23.9 Å². The number of hydrogen-bond donors (Lipinski definition) is 0. The van der Waals surface area contributed by atoms with Crippen molar-refractivity contribution in [2.75, 3.05) is 13.7 Å². The van der Waals surface area contributed by atoms with Crippen LogP contribution in [0.1, 0.15) is 23.1 Å². The second kappa shape index (κ2) is 7.80. The molecule has 9 nitrogen and oxygen atoms in total. The lowest BCUT2D eigenvalue weighted by atomic mass is 10.3. The summed E-state index contributed by atoms with van der Waals surface area (Å²) in [4.78, 5) is 27.8. The van der Waals surface area contributed by atoms with Gasteiger partial charge in [0.2, 0.25) is 0 Å². The van der Waals surface area contributed by atoms with Crippen LogP contribution in [0, 0.1) is 17.0 Å². The molecule has 0 spiro atoms. The third kappa shape index (κ3) is 3.81. The highest BCUT2D eigenvalue weighted by Crippen LogP contribution is 2.23. The first kappa shape index (κ1) is 18.9. The molecule has 0 saturated carbocycles. The minimum atomic E-state index is -0.447. The third-order valence-electron chi connectivity index (χ3n) is 4.09. The number of carbonyl (C=O) groups is 1. The number of hydrogen-bond acceptors (Lipinski definition) is 6. The summed E-state index contributed by atoms with van der Waals surface area (Å²) in [5, 5.41) is 15.3. The summed E-state index contributed by atoms with van der Waals surface area (Å²) >= 11 is 1.23. The first-order chi connectivity index (χ1) is 12.9. The molecule has 10 heteroatoms. The number of aryl methyl sites for hydroxylation is 2. The maximum Gasteiger partial charge on any atom is 0.300 e. The predicted octanol–water partition coefficient (Wildman–Crippen LogP) is 2.52. The molecule has 0 unspecified atom stereocenters. The van der Waals surface area contributed by atoms with Crippen LogP contribution in [0.3, 0.4) is 0 Å². The Balaban J connectivity index is 2.11. The third-order valence-corrected chi connectivity index (χ3v) is 5.13. The summed E-state index contributed by atoms with van der Waals surface area (Å²) in [5.74, 6) is -0.447. The Morgan fingerprint density at radius 3 is 2.81 bits per heavy atom. The quantitative estimate of drug-likeness (QED) is 0.476. The van der Waals surface area contributed by atoms with Crippen molar-refractivity contribution >= 4 is 33.1 Å². The van der Waals surface area contributed by atoms with Crippen molar-refractivity contribution in [2.45, 2.75) is 26.9 Å². The lowest BCUT2D eigenvalue weighted by Crippen LogP contribution is -2.19. The Bertz CT molecular complexity index is 1080. The van der Waals surface area contributed by atoms with Gasteiger partial charge in [-0.2, -0.15) is 10.1 Å². The van der Waals surface area contributed by atoms with Gasteiger partial charge in [0, 0.05) is 38.0 Å². The Kier molecular flexibility index (Phi) is 5.47. The molecule has 0 atom stereocenters. The smallest absolute Gasteiger partial charge is 0.300 e. The van der Waals surface area contributed by atoms with E-state index in [9.17, 15) is 14.9 Å². The monoisotopic (exact) mass is 389 g/mol. The molecule has 1 aromatic carbocycles. The van der Waals surface area contributed by atoms with E-state index in [1.165, 1.54) is 23.5 Å². The minimum absolute atomic E-state index is 0.00201. The number of ether oxygens (including phenoxy) is 1. The van der Waals surface area contributed by atoms with Crippen LogP contribution in [0.15, 0.2) is 29.3 Å². The van der Waals surface area contributed by atoms with Crippen LogP contribution in [-0.4, -0.2) is 38.9 Å². The number of nitro benzene ring substituents is 1. The average Bonchev–Trinajstić information content (AvgIpc) is 3.19. The van der Waals surface area contributed by atoms with Gasteiger partial charge in [-0.25, -0.2) is 0 Å². The molecule has 27 heavy (non-hydrogen) atoms. The van der Waals surface area contributed by atoms with Crippen LogP contribution < -0.4 is 4.80 Å². The van der Waals surface area contributed by atoms with Crippen LogP contribution in [0.25, 0.3) is 10.2 Å². The summed E-state index contributed by atoms with van der Waals surface area (Å²) in [6, 6.07) is 6.30. The van der Waals surface area contributed by atoms with E-state index >= 15 is 0 Å². The summed E-state index contributed by atoms with van der Waals surface area (Å²) in [6.45, 7) is 5.39. The van der Waals surface area contributed by atoms with Gasteiger partial charge in [0.15, 0.2) is 10.5 Å². The second-order valence-corrected chi connectivity index (χ2v) is 6.85. The molecule has 0 aliphatic rings. The first-order valence-corrected chi connectivity index (χ1v) is 9.16. The van der Waals surface area contributed by atoms with Crippen LogP contribution in [0.5, 0.6) is 0 Å². The molecule has 2 aromatic heterocycles. The standard InChI is InChI=1S/C17H19N5O4S/c1-4-21-11(2)9-13(19-21)16(23)18-17-20(7-8-26-3)14-6-5-12(22(24)25)10-15(14)27-17/h5-6,9-10H,4,7-8H2,1-3H3. The van der Waals surface area contributed by atoms with E-state index in [0.717, 1.165) is 11.2 Å². The Morgan fingerprint density at radius 2 is 2.19 bits per heavy atom. The van der Waals surface area contributed by atoms with E-state index < -0.39 is 10.8 Å². The van der Waals surface area contributed by atoms with Crippen molar-refractivity contribution in [3.63, 3.8) is 0 Å². The fourth-order valence-electron chi connectivity index (χ4n) is 2.74. The van der Waals surface area contributed by atoms with E-state index in [0.29, 0.717) is 29.2 Å². The number of aromatic nitrogens is 3. The molecule has 0 aliphatic carbocycles. The van der Waals surface area contributed by atoms with Gasteiger partial charge in [0.1, 0.15) is 0 Å². The fourth-order valence-corrected chi connectivity index (χ4v) is 3.83. The van der Waals surface area contributed by atoms with E-state index in [2.05, 4.69) is 10.1 Å². The Morgan fingerprint density at radius 1 is 1.41 bits per heavy atom. The van der Waals surface area contributed by atoms with Gasteiger partial charge in [0.25, 0.3) is 11.6 Å². The average molecular weight is 389 g/mol. The number of carbonyl (C=O) groups excluding carboxylic acids is 1. The topological polar surface area (TPSA) is 105 Å². The maximum atomic E-state index is 12.6. The zero-order valence-corrected chi connectivity index (χ0v) is 16.0. The predicted molar refractivity (Wildman–Crippen MR) is 101 cm³/mol. The molecule has 0 fully saturated rings. The van der Waals surface area contributed by atoms with Gasteiger partial charge in [-0.3, -0.25) is 19.6 Å². The Labute approximate surface area is 158 Å². The van der Waals surface area contributed by atoms with E-state index in [-0.39, 0.29) is 11.4 Å². The number of thiazole rings is 1. The molecule has 3 aromatic rings. The number of non-ortho nitro benzene ring substituents is 1. The number of methoxy groups -OCH3 is 1. The van der Waals surface area contributed by atoms with Gasteiger partial charge in [-0.05, 0) is 26.0 Å². The highest BCUT2D eigenvalue weighted by atomic mass is 32.1. The zero-order chi connectivity index (χ0) is 19.6. The van der Waals surface area contributed by atoms with Gasteiger partial charge in [-0.15, -0.1) is 0 Å². The van der Waals surface area contributed by atoms with Crippen LogP contribution in [-0.2, 0) is 17.8 Å². The molecular weight excluding hydrogens is 370 g/mol. The molecule has 0 saturated heterocycles. The highest BCUT2D eigenvalue weighted by molar-refractivity contribution is 7.16. The van der Waals surface area contributed by atoms with Gasteiger partial charge in [0.05, 0.1) is 21.7 Å². The van der Waals surface area contributed by atoms with Crippen molar-refractivity contribution in [1.29, 1.82) is 0 Å². The second-order valence-electron chi connectivity index (χ2n) is 5.84.